The van der Waals surface area contributed by atoms with Gasteiger partial charge in [-0.3, -0.25) is 10.2 Å². The number of carbonyl (C=O) groups is 1. The summed E-state index contributed by atoms with van der Waals surface area (Å²) in [5.41, 5.74) is 9.36. The Morgan fingerprint density at radius 2 is 2.00 bits per heavy atom. The lowest BCUT2D eigenvalue weighted by molar-refractivity contribution is -0.123. The Balaban J connectivity index is 1.98. The lowest BCUT2D eigenvalue weighted by Gasteiger charge is -2.18. The highest BCUT2D eigenvalue weighted by Gasteiger charge is 2.37. The summed E-state index contributed by atoms with van der Waals surface area (Å²) in [6, 6.07) is 7.49. The highest BCUT2D eigenvalue weighted by molar-refractivity contribution is 5.81. The molecule has 1 heterocycles. The molecule has 1 aromatic rings. The van der Waals surface area contributed by atoms with E-state index in [4.69, 9.17) is 15.3 Å². The van der Waals surface area contributed by atoms with E-state index in [-0.39, 0.29) is 23.9 Å². The largest absolute Gasteiger partial charge is 0.491 e. The normalized spacial score (nSPS) is 24.8. The zero-order valence-corrected chi connectivity index (χ0v) is 12.3. The minimum absolute atomic E-state index is 0.0420. The summed E-state index contributed by atoms with van der Waals surface area (Å²) in [4.78, 5) is 11.6. The van der Waals surface area contributed by atoms with Crippen LogP contribution in [0.25, 0.3) is 0 Å². The third-order valence-electron chi connectivity index (χ3n) is 3.67. The van der Waals surface area contributed by atoms with E-state index in [1.165, 1.54) is 0 Å². The van der Waals surface area contributed by atoms with Crippen molar-refractivity contribution in [2.75, 3.05) is 20.3 Å². The topological polar surface area (TPSA) is 97.6 Å². The van der Waals surface area contributed by atoms with Crippen LogP contribution in [0, 0.1) is 5.92 Å². The van der Waals surface area contributed by atoms with Crippen LogP contribution < -0.4 is 26.9 Å². The smallest absolute Gasteiger partial charge is 0.252 e. The summed E-state index contributed by atoms with van der Waals surface area (Å²) in [7, 11) is 1.64. The van der Waals surface area contributed by atoms with Crippen molar-refractivity contribution >= 4 is 5.91 Å². The number of methoxy groups -OCH3 is 1. The number of amides is 1. The molecule has 1 saturated heterocycles. The molecule has 116 valence electrons. The molecule has 21 heavy (non-hydrogen) atoms. The molecule has 1 aromatic carbocycles. The molecule has 1 amide bonds. The Morgan fingerprint density at radius 1 is 1.29 bits per heavy atom. The molecule has 0 aliphatic carbocycles. The number of rotatable bonds is 6. The summed E-state index contributed by atoms with van der Waals surface area (Å²) in [6.07, 6.45) is 0. The molecule has 0 spiro atoms. The fourth-order valence-corrected chi connectivity index (χ4v) is 2.43. The molecule has 0 saturated carbocycles. The van der Waals surface area contributed by atoms with Crippen molar-refractivity contribution in [3.05, 3.63) is 29.8 Å². The van der Waals surface area contributed by atoms with E-state index in [1.54, 1.807) is 7.11 Å². The van der Waals surface area contributed by atoms with Crippen molar-refractivity contribution < 1.29 is 14.3 Å². The lowest BCUT2D eigenvalue weighted by Crippen LogP contribution is -2.47. The van der Waals surface area contributed by atoms with Gasteiger partial charge in [-0.05, 0) is 17.7 Å². The van der Waals surface area contributed by atoms with E-state index in [0.717, 1.165) is 11.3 Å². The monoisotopic (exact) mass is 294 g/mol. The van der Waals surface area contributed by atoms with Gasteiger partial charge in [0, 0.05) is 13.0 Å². The van der Waals surface area contributed by atoms with Crippen LogP contribution in [0.1, 0.15) is 18.5 Å². The average Bonchev–Trinajstić information content (AvgIpc) is 2.89. The third-order valence-corrected chi connectivity index (χ3v) is 3.67. The Labute approximate surface area is 124 Å². The van der Waals surface area contributed by atoms with Crippen LogP contribution in [-0.4, -0.2) is 32.3 Å². The second-order valence-electron chi connectivity index (χ2n) is 5.02. The lowest BCUT2D eigenvalue weighted by atomic mass is 9.91. The van der Waals surface area contributed by atoms with E-state index >= 15 is 0 Å². The SMILES string of the molecule is COCCOc1ccc(C2NNC(C(=O)NN)C2C)cc1. The molecule has 3 atom stereocenters. The molecule has 0 bridgehead atoms. The average molecular weight is 294 g/mol. The van der Waals surface area contributed by atoms with Gasteiger partial charge in [0.15, 0.2) is 0 Å². The van der Waals surface area contributed by atoms with Crippen molar-refractivity contribution in [2.24, 2.45) is 11.8 Å². The van der Waals surface area contributed by atoms with Crippen molar-refractivity contribution in [2.45, 2.75) is 19.0 Å². The first-order valence-corrected chi connectivity index (χ1v) is 6.90. The number of hydrogen-bond acceptors (Lipinski definition) is 6. The van der Waals surface area contributed by atoms with Crippen LogP contribution >= 0.6 is 0 Å². The molecule has 1 aliphatic heterocycles. The Hall–Kier alpha value is -1.67. The number of ether oxygens (including phenoxy) is 2. The van der Waals surface area contributed by atoms with Crippen molar-refractivity contribution in [1.82, 2.24) is 16.3 Å². The fraction of sp³-hybridized carbons (Fsp3) is 0.500. The molecule has 3 unspecified atom stereocenters. The van der Waals surface area contributed by atoms with Gasteiger partial charge in [0.1, 0.15) is 18.4 Å². The van der Waals surface area contributed by atoms with Crippen LogP contribution in [0.3, 0.4) is 0 Å². The summed E-state index contributed by atoms with van der Waals surface area (Å²) in [6.45, 7) is 3.08. The predicted octanol–water partition coefficient (Wildman–Crippen LogP) is -0.145. The zero-order valence-electron chi connectivity index (χ0n) is 12.3. The molecule has 7 nitrogen and oxygen atoms in total. The molecule has 5 N–H and O–H groups in total. The second kappa shape index (κ2) is 7.37. The first-order valence-electron chi connectivity index (χ1n) is 6.90. The number of hydrogen-bond donors (Lipinski definition) is 4. The van der Waals surface area contributed by atoms with E-state index < -0.39 is 0 Å². The number of hydrazine groups is 2. The molecule has 2 rings (SSSR count). The number of nitrogens with two attached hydrogens (primary N) is 1. The van der Waals surface area contributed by atoms with Gasteiger partial charge in [-0.25, -0.2) is 16.7 Å². The zero-order chi connectivity index (χ0) is 15.2. The molecule has 0 aromatic heterocycles. The number of benzene rings is 1. The minimum atomic E-state index is -0.349. The Bertz CT molecular complexity index is 466. The van der Waals surface area contributed by atoms with Gasteiger partial charge in [-0.15, -0.1) is 0 Å². The summed E-state index contributed by atoms with van der Waals surface area (Å²) in [5, 5.41) is 0. The Morgan fingerprint density at radius 3 is 2.62 bits per heavy atom. The summed E-state index contributed by atoms with van der Waals surface area (Å²) in [5.74, 6) is 5.83. The summed E-state index contributed by atoms with van der Waals surface area (Å²) >= 11 is 0. The third kappa shape index (κ3) is 3.70. The first-order chi connectivity index (χ1) is 10.2. The molecule has 1 fully saturated rings. The van der Waals surface area contributed by atoms with Gasteiger partial charge in [0.25, 0.3) is 5.91 Å². The van der Waals surface area contributed by atoms with Crippen LogP contribution in [0.2, 0.25) is 0 Å². The summed E-state index contributed by atoms with van der Waals surface area (Å²) < 4.78 is 10.5. The number of carbonyl (C=O) groups excluding carboxylic acids is 1. The van der Waals surface area contributed by atoms with Gasteiger partial charge in [-0.1, -0.05) is 19.1 Å². The van der Waals surface area contributed by atoms with Gasteiger partial charge in [0.05, 0.1) is 12.6 Å². The number of nitrogens with one attached hydrogen (secondary N) is 3. The van der Waals surface area contributed by atoms with Crippen LogP contribution in [-0.2, 0) is 9.53 Å². The molecule has 7 heteroatoms. The highest BCUT2D eigenvalue weighted by Crippen LogP contribution is 2.29. The molecule has 1 aliphatic rings. The second-order valence-corrected chi connectivity index (χ2v) is 5.02. The van der Waals surface area contributed by atoms with E-state index in [9.17, 15) is 4.79 Å². The van der Waals surface area contributed by atoms with Gasteiger partial charge in [-0.2, -0.15) is 0 Å². The van der Waals surface area contributed by atoms with Crippen LogP contribution in [0.4, 0.5) is 0 Å². The standard InChI is InChI=1S/C14H22N4O3/c1-9-12(17-18-13(9)14(19)16-15)10-3-5-11(6-4-10)21-8-7-20-2/h3-6,9,12-13,17-18H,7-8,15H2,1-2H3,(H,16,19). The highest BCUT2D eigenvalue weighted by atomic mass is 16.5. The van der Waals surface area contributed by atoms with Gasteiger partial charge in [0.2, 0.25) is 0 Å². The predicted molar refractivity (Wildman–Crippen MR) is 78.1 cm³/mol. The maximum atomic E-state index is 11.6. The van der Waals surface area contributed by atoms with E-state index in [1.807, 2.05) is 31.2 Å². The first kappa shape index (κ1) is 15.7. The van der Waals surface area contributed by atoms with Crippen molar-refractivity contribution in [3.8, 4) is 5.75 Å². The maximum absolute atomic E-state index is 11.6. The molecular weight excluding hydrogens is 272 g/mol. The van der Waals surface area contributed by atoms with E-state index in [2.05, 4.69) is 16.3 Å². The van der Waals surface area contributed by atoms with Gasteiger partial charge >= 0.3 is 0 Å². The van der Waals surface area contributed by atoms with Crippen LogP contribution in [0.15, 0.2) is 24.3 Å². The van der Waals surface area contributed by atoms with Gasteiger partial charge < -0.3 is 9.47 Å². The molecule has 0 radical (unpaired) electrons. The maximum Gasteiger partial charge on any atom is 0.252 e. The van der Waals surface area contributed by atoms with Crippen LogP contribution in [0.5, 0.6) is 5.75 Å². The quantitative estimate of drug-likeness (QED) is 0.252. The van der Waals surface area contributed by atoms with Crippen molar-refractivity contribution in [1.29, 1.82) is 0 Å². The van der Waals surface area contributed by atoms with Crippen molar-refractivity contribution in [3.63, 3.8) is 0 Å². The Kier molecular flexibility index (Phi) is 5.51. The minimum Gasteiger partial charge on any atom is -0.491 e. The molecular formula is C14H22N4O3. The fourth-order valence-electron chi connectivity index (χ4n) is 2.43. The van der Waals surface area contributed by atoms with E-state index in [0.29, 0.717) is 13.2 Å².